The van der Waals surface area contributed by atoms with Gasteiger partial charge in [-0.2, -0.15) is 5.10 Å². The molecule has 146 valence electrons. The van der Waals surface area contributed by atoms with E-state index < -0.39 is 0 Å². The van der Waals surface area contributed by atoms with Crippen LogP contribution in [0, 0.1) is 19.8 Å². The zero-order valence-electron chi connectivity index (χ0n) is 17.2. The summed E-state index contributed by atoms with van der Waals surface area (Å²) in [6.45, 7) is 12.2. The number of aromatic amines is 1. The Labute approximate surface area is 162 Å². The minimum absolute atomic E-state index is 0.130. The molecule has 0 unspecified atom stereocenters. The molecular formula is C22H32N4O. The van der Waals surface area contributed by atoms with Crippen molar-refractivity contribution >= 4 is 11.6 Å². The molecule has 0 bridgehead atoms. The lowest BCUT2D eigenvalue weighted by molar-refractivity contribution is 0.0705. The Hall–Kier alpha value is -2.30. The van der Waals surface area contributed by atoms with Gasteiger partial charge in [0, 0.05) is 42.0 Å². The second-order valence-electron chi connectivity index (χ2n) is 8.22. The van der Waals surface area contributed by atoms with Gasteiger partial charge in [0.25, 0.3) is 5.91 Å². The first kappa shape index (κ1) is 19.5. The third-order valence-electron chi connectivity index (χ3n) is 5.80. The molecule has 2 aromatic rings. The fourth-order valence-corrected chi connectivity index (χ4v) is 3.66. The van der Waals surface area contributed by atoms with Gasteiger partial charge >= 0.3 is 0 Å². The maximum Gasteiger partial charge on any atom is 0.254 e. The summed E-state index contributed by atoms with van der Waals surface area (Å²) in [5.41, 5.74) is 5.03. The second-order valence-corrected chi connectivity index (χ2v) is 8.22. The molecular weight excluding hydrogens is 336 g/mol. The molecule has 1 fully saturated rings. The number of amides is 1. The number of carbonyl (C=O) groups is 1. The van der Waals surface area contributed by atoms with E-state index >= 15 is 0 Å². The van der Waals surface area contributed by atoms with Crippen LogP contribution >= 0.6 is 0 Å². The van der Waals surface area contributed by atoms with E-state index in [1.165, 1.54) is 0 Å². The predicted octanol–water partition coefficient (Wildman–Crippen LogP) is 4.50. The Bertz CT molecular complexity index is 795. The van der Waals surface area contributed by atoms with Crippen molar-refractivity contribution in [2.75, 3.05) is 18.4 Å². The van der Waals surface area contributed by atoms with Crippen molar-refractivity contribution in [2.24, 2.45) is 5.92 Å². The first-order valence-corrected chi connectivity index (χ1v) is 10.0. The highest BCUT2D eigenvalue weighted by atomic mass is 16.2. The Morgan fingerprint density at radius 2 is 2.07 bits per heavy atom. The van der Waals surface area contributed by atoms with E-state index in [0.29, 0.717) is 17.9 Å². The minimum Gasteiger partial charge on any atom is -0.382 e. The summed E-state index contributed by atoms with van der Waals surface area (Å²) < 4.78 is 0. The lowest BCUT2D eigenvalue weighted by Gasteiger charge is -2.32. The van der Waals surface area contributed by atoms with E-state index in [9.17, 15) is 4.79 Å². The van der Waals surface area contributed by atoms with Crippen molar-refractivity contribution in [1.82, 2.24) is 15.1 Å². The average Bonchev–Trinajstić information content (AvgIpc) is 3.09. The zero-order valence-corrected chi connectivity index (χ0v) is 17.2. The minimum atomic E-state index is 0.130. The summed E-state index contributed by atoms with van der Waals surface area (Å²) in [6.07, 6.45) is 2.10. The lowest BCUT2D eigenvalue weighted by atomic mass is 9.93. The number of likely N-dealkylation sites (tertiary alicyclic amines) is 1. The van der Waals surface area contributed by atoms with Gasteiger partial charge in [-0.15, -0.1) is 0 Å². The summed E-state index contributed by atoms with van der Waals surface area (Å²) >= 11 is 0. The molecule has 1 aromatic carbocycles. The van der Waals surface area contributed by atoms with Crippen molar-refractivity contribution in [3.63, 3.8) is 0 Å². The highest BCUT2D eigenvalue weighted by molar-refractivity contribution is 5.97. The van der Waals surface area contributed by atoms with Gasteiger partial charge in [-0.3, -0.25) is 9.89 Å². The van der Waals surface area contributed by atoms with Crippen LogP contribution in [0.5, 0.6) is 0 Å². The van der Waals surface area contributed by atoms with Crippen molar-refractivity contribution in [1.29, 1.82) is 0 Å². The number of nitrogens with one attached hydrogen (secondary N) is 2. The van der Waals surface area contributed by atoms with E-state index in [4.69, 9.17) is 0 Å². The topological polar surface area (TPSA) is 61.0 Å². The van der Waals surface area contributed by atoms with Gasteiger partial charge in [-0.1, -0.05) is 19.9 Å². The van der Waals surface area contributed by atoms with Crippen LogP contribution in [0.1, 0.15) is 66.8 Å². The van der Waals surface area contributed by atoms with E-state index in [0.717, 1.165) is 54.1 Å². The molecule has 1 aliphatic rings. The van der Waals surface area contributed by atoms with Crippen molar-refractivity contribution < 1.29 is 4.79 Å². The number of anilines is 1. The van der Waals surface area contributed by atoms with E-state index in [-0.39, 0.29) is 5.91 Å². The van der Waals surface area contributed by atoms with Gasteiger partial charge in [0.15, 0.2) is 0 Å². The molecule has 2 N–H and O–H groups in total. The number of hydrogen-bond acceptors (Lipinski definition) is 3. The Morgan fingerprint density at radius 1 is 1.30 bits per heavy atom. The van der Waals surface area contributed by atoms with Gasteiger partial charge in [0.1, 0.15) is 0 Å². The zero-order chi connectivity index (χ0) is 19.6. The quantitative estimate of drug-likeness (QED) is 0.817. The van der Waals surface area contributed by atoms with Crippen LogP contribution in [-0.4, -0.2) is 40.1 Å². The maximum absolute atomic E-state index is 13.2. The van der Waals surface area contributed by atoms with Gasteiger partial charge in [-0.25, -0.2) is 0 Å². The summed E-state index contributed by atoms with van der Waals surface area (Å²) in [7, 11) is 0. The van der Waals surface area contributed by atoms with Gasteiger partial charge < -0.3 is 10.2 Å². The third-order valence-corrected chi connectivity index (χ3v) is 5.80. The number of piperidine rings is 1. The molecule has 1 aromatic heterocycles. The first-order chi connectivity index (χ1) is 12.9. The standard InChI is InChI=1S/C22H32N4O/c1-14(2)17(5)23-20-10-6-9-19(16(20)4)22(27)26-11-7-8-18(13-26)21-12-15(3)24-25-21/h6,9-10,12,14,17-18,23H,7-8,11,13H2,1-5H3,(H,24,25)/t17-,18-/m0/s1. The number of aromatic nitrogens is 2. The van der Waals surface area contributed by atoms with E-state index in [1.54, 1.807) is 0 Å². The second kappa shape index (κ2) is 8.15. The number of aryl methyl sites for hydroxylation is 1. The monoisotopic (exact) mass is 368 g/mol. The molecule has 0 aliphatic carbocycles. The van der Waals surface area contributed by atoms with Crippen LogP contribution in [0.25, 0.3) is 0 Å². The molecule has 3 rings (SSSR count). The van der Waals surface area contributed by atoms with Crippen molar-refractivity contribution in [3.05, 3.63) is 46.8 Å². The van der Waals surface area contributed by atoms with Crippen LogP contribution in [0.2, 0.25) is 0 Å². The molecule has 1 saturated heterocycles. The highest BCUT2D eigenvalue weighted by Gasteiger charge is 2.28. The largest absolute Gasteiger partial charge is 0.382 e. The van der Waals surface area contributed by atoms with Gasteiger partial charge in [-0.05, 0) is 63.3 Å². The van der Waals surface area contributed by atoms with Crippen LogP contribution in [0.4, 0.5) is 5.69 Å². The number of rotatable bonds is 5. The van der Waals surface area contributed by atoms with Crippen molar-refractivity contribution in [2.45, 2.75) is 59.4 Å². The van der Waals surface area contributed by atoms with Gasteiger partial charge in [0.05, 0.1) is 5.69 Å². The van der Waals surface area contributed by atoms with Crippen molar-refractivity contribution in [3.8, 4) is 0 Å². The summed E-state index contributed by atoms with van der Waals surface area (Å²) in [6, 6.07) is 8.45. The van der Waals surface area contributed by atoms with E-state index in [2.05, 4.69) is 48.4 Å². The number of hydrogen-bond donors (Lipinski definition) is 2. The average molecular weight is 369 g/mol. The lowest BCUT2D eigenvalue weighted by Crippen LogP contribution is -2.39. The summed E-state index contributed by atoms with van der Waals surface area (Å²) in [5, 5.41) is 11.0. The molecule has 2 heterocycles. The number of carbonyl (C=O) groups excluding carboxylic acids is 1. The highest BCUT2D eigenvalue weighted by Crippen LogP contribution is 2.28. The Morgan fingerprint density at radius 3 is 2.74 bits per heavy atom. The predicted molar refractivity (Wildman–Crippen MR) is 110 cm³/mol. The van der Waals surface area contributed by atoms with Gasteiger partial charge in [0.2, 0.25) is 0 Å². The summed E-state index contributed by atoms with van der Waals surface area (Å²) in [5.74, 6) is 0.976. The normalized spacial score (nSPS) is 18.6. The fourth-order valence-electron chi connectivity index (χ4n) is 3.66. The third kappa shape index (κ3) is 4.34. The Balaban J connectivity index is 1.77. The van der Waals surface area contributed by atoms with Crippen LogP contribution in [0.3, 0.4) is 0 Å². The maximum atomic E-state index is 13.2. The fraction of sp³-hybridized carbons (Fsp3) is 0.545. The molecule has 0 saturated carbocycles. The SMILES string of the molecule is Cc1cc([C@H]2CCCN(C(=O)c3cccc(N[C@@H](C)C(C)C)c3C)C2)n[nH]1. The number of nitrogens with zero attached hydrogens (tertiary/aromatic N) is 2. The molecule has 5 nitrogen and oxygen atoms in total. The number of benzene rings is 1. The smallest absolute Gasteiger partial charge is 0.254 e. The molecule has 27 heavy (non-hydrogen) atoms. The molecule has 5 heteroatoms. The molecule has 0 spiro atoms. The Kier molecular flexibility index (Phi) is 5.88. The van der Waals surface area contributed by atoms with Crippen LogP contribution in [-0.2, 0) is 0 Å². The first-order valence-electron chi connectivity index (χ1n) is 10.0. The molecule has 1 aliphatic heterocycles. The van der Waals surface area contributed by atoms with Crippen LogP contribution < -0.4 is 5.32 Å². The molecule has 0 radical (unpaired) electrons. The van der Waals surface area contributed by atoms with Crippen LogP contribution in [0.15, 0.2) is 24.3 Å². The van der Waals surface area contributed by atoms with E-state index in [1.807, 2.05) is 30.9 Å². The summed E-state index contributed by atoms with van der Waals surface area (Å²) in [4.78, 5) is 15.2. The molecule has 1 amide bonds. The molecule has 2 atom stereocenters. The number of H-pyrrole nitrogens is 1.